The zero-order valence-electron chi connectivity index (χ0n) is 17.8. The molecule has 0 amide bonds. The Morgan fingerprint density at radius 2 is 1.63 bits per heavy atom. The highest BCUT2D eigenvalue weighted by atomic mass is 19.1. The molecule has 1 fully saturated rings. The van der Waals surface area contributed by atoms with E-state index in [1.54, 1.807) is 7.11 Å². The Bertz CT molecular complexity index is 676. The molecule has 0 saturated carbocycles. The van der Waals surface area contributed by atoms with Gasteiger partial charge in [0.2, 0.25) is 0 Å². The van der Waals surface area contributed by atoms with Gasteiger partial charge in [-0.3, -0.25) is 0 Å². The van der Waals surface area contributed by atoms with Gasteiger partial charge in [0.1, 0.15) is 11.5 Å². The van der Waals surface area contributed by atoms with Crippen molar-refractivity contribution in [2.45, 2.75) is 71.7 Å². The summed E-state index contributed by atoms with van der Waals surface area (Å²) in [6, 6.07) is 7.38. The van der Waals surface area contributed by atoms with Crippen molar-refractivity contribution in [3.05, 3.63) is 35.6 Å². The van der Waals surface area contributed by atoms with E-state index in [1.807, 2.05) is 72.7 Å². The van der Waals surface area contributed by atoms with Gasteiger partial charge in [-0.1, -0.05) is 18.2 Å². The molecule has 0 aliphatic carbocycles. The normalized spacial score (nSPS) is 19.8. The van der Waals surface area contributed by atoms with Gasteiger partial charge in [-0.25, -0.2) is 4.39 Å². The van der Waals surface area contributed by atoms with Crippen molar-refractivity contribution < 1.29 is 23.2 Å². The fourth-order valence-corrected chi connectivity index (χ4v) is 2.82. The summed E-state index contributed by atoms with van der Waals surface area (Å²) < 4.78 is 38.7. The van der Waals surface area contributed by atoms with E-state index in [0.717, 1.165) is 0 Å². The number of para-hydroxylation sites is 1. The van der Waals surface area contributed by atoms with Crippen molar-refractivity contribution in [3.63, 3.8) is 0 Å². The molecule has 4 nitrogen and oxygen atoms in total. The molecule has 1 aliphatic rings. The summed E-state index contributed by atoms with van der Waals surface area (Å²) >= 11 is 0. The maximum absolute atomic E-state index is 15.6. The first-order valence-electron chi connectivity index (χ1n) is 9.39. The number of hydrogen-bond donors (Lipinski definition) is 0. The molecule has 1 aliphatic heterocycles. The Labute approximate surface area is 163 Å². The second-order valence-electron chi connectivity index (χ2n) is 8.83. The highest BCUT2D eigenvalue weighted by Gasteiger charge is 2.53. The van der Waals surface area contributed by atoms with Gasteiger partial charge in [0.25, 0.3) is 0 Å². The van der Waals surface area contributed by atoms with Gasteiger partial charge in [-0.15, -0.1) is 0 Å². The van der Waals surface area contributed by atoms with Gasteiger partial charge in [0.15, 0.2) is 0 Å². The number of rotatable bonds is 6. The summed E-state index contributed by atoms with van der Waals surface area (Å²) in [6.07, 6.45) is 0.382. The molecular weight excluding hydrogens is 346 g/mol. The lowest BCUT2D eigenvalue weighted by atomic mass is 9.81. The van der Waals surface area contributed by atoms with Crippen LogP contribution in [0.5, 0.6) is 5.75 Å². The number of methoxy groups -OCH3 is 1. The Hall–Kier alpha value is -1.37. The summed E-state index contributed by atoms with van der Waals surface area (Å²) in [5.74, 6) is 0.606. The molecule has 27 heavy (non-hydrogen) atoms. The van der Waals surface area contributed by atoms with E-state index in [9.17, 15) is 0 Å². The Morgan fingerprint density at radius 1 is 1.07 bits per heavy atom. The molecule has 0 spiro atoms. The largest absolute Gasteiger partial charge is 0.525 e. The Morgan fingerprint density at radius 3 is 2.15 bits per heavy atom. The summed E-state index contributed by atoms with van der Waals surface area (Å²) in [5.41, 5.74) is -0.784. The predicted octanol–water partition coefficient (Wildman–Crippen LogP) is 5.21. The van der Waals surface area contributed by atoms with Crippen molar-refractivity contribution in [2.24, 2.45) is 0 Å². The smallest absolute Gasteiger partial charge is 0.496 e. The summed E-state index contributed by atoms with van der Waals surface area (Å²) in [4.78, 5) is 0. The Kier molecular flexibility index (Phi) is 6.45. The lowest BCUT2D eigenvalue weighted by Crippen LogP contribution is -2.41. The molecule has 0 unspecified atom stereocenters. The first-order chi connectivity index (χ1) is 12.4. The van der Waals surface area contributed by atoms with Crippen LogP contribution in [0.2, 0.25) is 0 Å². The minimum absolute atomic E-state index is 0.299. The zero-order chi connectivity index (χ0) is 20.5. The highest BCUT2D eigenvalue weighted by Crippen LogP contribution is 2.41. The summed E-state index contributed by atoms with van der Waals surface area (Å²) in [7, 11) is 0.527. The molecule has 0 radical (unpaired) electrons. The average molecular weight is 378 g/mol. The molecule has 150 valence electrons. The van der Waals surface area contributed by atoms with Gasteiger partial charge in [-0.05, 0) is 66.5 Å². The predicted molar refractivity (Wildman–Crippen MR) is 107 cm³/mol. The van der Waals surface area contributed by atoms with Crippen molar-refractivity contribution in [2.75, 3.05) is 13.7 Å². The van der Waals surface area contributed by atoms with Crippen LogP contribution in [0.1, 0.15) is 60.5 Å². The molecule has 1 aromatic carbocycles. The SMILES string of the molecule is COc1ccccc1C(CCOC(C)(C)C)=C(F)B1OC(C)(C)C(C)(C)O1. The minimum atomic E-state index is -1.05. The fourth-order valence-electron chi connectivity index (χ4n) is 2.82. The van der Waals surface area contributed by atoms with Crippen LogP contribution in [-0.4, -0.2) is 37.6 Å². The zero-order valence-corrected chi connectivity index (χ0v) is 17.8. The van der Waals surface area contributed by atoms with E-state index < -0.39 is 24.0 Å². The monoisotopic (exact) mass is 378 g/mol. The highest BCUT2D eigenvalue weighted by molar-refractivity contribution is 6.55. The second-order valence-corrected chi connectivity index (χ2v) is 8.83. The quantitative estimate of drug-likeness (QED) is 0.637. The summed E-state index contributed by atoms with van der Waals surface area (Å²) in [5, 5.41) is 0. The van der Waals surface area contributed by atoms with Crippen molar-refractivity contribution >= 4 is 12.7 Å². The Balaban J connectivity index is 2.40. The second kappa shape index (κ2) is 7.94. The van der Waals surface area contributed by atoms with E-state index in [-0.39, 0.29) is 5.60 Å². The van der Waals surface area contributed by atoms with Crippen LogP contribution < -0.4 is 4.74 Å². The van der Waals surface area contributed by atoms with Crippen LogP contribution in [0, 0.1) is 0 Å². The third kappa shape index (κ3) is 5.12. The van der Waals surface area contributed by atoms with E-state index in [1.165, 1.54) is 0 Å². The molecule has 0 bridgehead atoms. The molecule has 0 N–H and O–H groups in total. The molecule has 6 heteroatoms. The van der Waals surface area contributed by atoms with Crippen molar-refractivity contribution in [3.8, 4) is 5.75 Å². The molecule has 1 saturated heterocycles. The van der Waals surface area contributed by atoms with Gasteiger partial charge >= 0.3 is 7.12 Å². The van der Waals surface area contributed by atoms with Crippen LogP contribution in [0.4, 0.5) is 4.39 Å². The van der Waals surface area contributed by atoms with E-state index in [0.29, 0.717) is 29.9 Å². The van der Waals surface area contributed by atoms with Crippen LogP contribution in [0.15, 0.2) is 30.0 Å². The summed E-state index contributed by atoms with van der Waals surface area (Å²) in [6.45, 7) is 13.9. The van der Waals surface area contributed by atoms with Gasteiger partial charge in [-0.2, -0.15) is 0 Å². The van der Waals surface area contributed by atoms with E-state index in [4.69, 9.17) is 18.8 Å². The molecule has 1 aromatic rings. The van der Waals surface area contributed by atoms with E-state index in [2.05, 4.69) is 0 Å². The number of hydrogen-bond acceptors (Lipinski definition) is 4. The average Bonchev–Trinajstić information content (AvgIpc) is 2.78. The first-order valence-corrected chi connectivity index (χ1v) is 9.39. The van der Waals surface area contributed by atoms with Crippen LogP contribution in [0.25, 0.3) is 5.57 Å². The lowest BCUT2D eigenvalue weighted by Gasteiger charge is -2.32. The lowest BCUT2D eigenvalue weighted by molar-refractivity contribution is 0.000557. The minimum Gasteiger partial charge on any atom is -0.496 e. The molecule has 2 rings (SSSR count). The molecular formula is C21H32BFO4. The first kappa shape index (κ1) is 21.9. The third-order valence-corrected chi connectivity index (χ3v) is 5.07. The number of halogens is 1. The maximum Gasteiger partial charge on any atom is 0.525 e. The topological polar surface area (TPSA) is 36.9 Å². The number of benzene rings is 1. The van der Waals surface area contributed by atoms with Crippen LogP contribution in [-0.2, 0) is 14.0 Å². The standard InChI is InChI=1S/C21H32BFO4/c1-19(2,3)25-14-13-16(15-11-9-10-12-17(15)24-8)18(23)22-26-20(4,5)21(6,7)27-22/h9-12H,13-14H2,1-8H3. The maximum atomic E-state index is 15.6. The van der Waals surface area contributed by atoms with Gasteiger partial charge in [0, 0.05) is 5.56 Å². The van der Waals surface area contributed by atoms with Crippen molar-refractivity contribution in [1.82, 2.24) is 0 Å². The molecule has 0 atom stereocenters. The van der Waals surface area contributed by atoms with Crippen molar-refractivity contribution in [1.29, 1.82) is 0 Å². The fraction of sp³-hybridized carbons (Fsp3) is 0.619. The van der Waals surface area contributed by atoms with Gasteiger partial charge in [0.05, 0.1) is 30.5 Å². The molecule has 1 heterocycles. The van der Waals surface area contributed by atoms with Crippen LogP contribution in [0.3, 0.4) is 0 Å². The van der Waals surface area contributed by atoms with Crippen LogP contribution >= 0.6 is 0 Å². The molecule has 0 aromatic heterocycles. The number of ether oxygens (including phenoxy) is 2. The van der Waals surface area contributed by atoms with Gasteiger partial charge < -0.3 is 18.8 Å². The third-order valence-electron chi connectivity index (χ3n) is 5.07. The van der Waals surface area contributed by atoms with E-state index >= 15 is 4.39 Å².